The molecule has 3 amide bonds. The van der Waals surface area contributed by atoms with Gasteiger partial charge in [0.1, 0.15) is 6.17 Å². The number of carbonyl (C=O) groups is 2. The molecule has 3 heterocycles. The number of amides is 3. The summed E-state index contributed by atoms with van der Waals surface area (Å²) in [7, 11) is 5.89. The van der Waals surface area contributed by atoms with Crippen LogP contribution in [-0.2, 0) is 4.79 Å². The standard InChI is InChI=1S/C16H28N6O2/c1-11(19(2)3)7-5-6-9-22-14(23)12-13(20(4)16(22)24)18-15-17-8-10-21(12)15/h11-13H,5-10H2,1-4H3,(H,17,18)/t11-,12?,13?/m1/s1. The second kappa shape index (κ2) is 6.58. The predicted octanol–water partition coefficient (Wildman–Crippen LogP) is -0.0297. The molecule has 3 aliphatic heterocycles. The van der Waals surface area contributed by atoms with Crippen molar-refractivity contribution in [1.29, 1.82) is 0 Å². The number of imide groups is 1. The molecule has 3 rings (SSSR count). The third kappa shape index (κ3) is 2.83. The number of nitrogens with zero attached hydrogens (tertiary/aromatic N) is 5. The Labute approximate surface area is 143 Å². The summed E-state index contributed by atoms with van der Waals surface area (Å²) in [6.07, 6.45) is 2.61. The minimum absolute atomic E-state index is 0.0941. The number of unbranched alkanes of at least 4 members (excludes halogenated alkanes) is 1. The fourth-order valence-corrected chi connectivity index (χ4v) is 3.56. The Balaban J connectivity index is 1.61. The molecular weight excluding hydrogens is 308 g/mol. The van der Waals surface area contributed by atoms with Crippen LogP contribution < -0.4 is 5.32 Å². The number of nitrogens with one attached hydrogen (secondary N) is 1. The fourth-order valence-electron chi connectivity index (χ4n) is 3.56. The molecule has 0 saturated carbocycles. The molecule has 24 heavy (non-hydrogen) atoms. The lowest BCUT2D eigenvalue weighted by Gasteiger charge is -2.40. The minimum Gasteiger partial charge on any atom is -0.334 e. The zero-order chi connectivity index (χ0) is 17.4. The number of hydrogen-bond acceptors (Lipinski definition) is 6. The number of guanidine groups is 1. The fraction of sp³-hybridized carbons (Fsp3) is 0.812. The van der Waals surface area contributed by atoms with Gasteiger partial charge in [0, 0.05) is 26.2 Å². The SMILES string of the molecule is C[C@H](CCCCN1C(=O)C2C(NC3=NCCN32)N(C)C1=O)N(C)C. The molecule has 134 valence electrons. The summed E-state index contributed by atoms with van der Waals surface area (Å²) in [5.41, 5.74) is 0. The van der Waals surface area contributed by atoms with E-state index in [1.54, 1.807) is 11.9 Å². The van der Waals surface area contributed by atoms with Gasteiger partial charge in [-0.05, 0) is 33.9 Å². The Hall–Kier alpha value is -1.83. The Morgan fingerprint density at radius 3 is 2.79 bits per heavy atom. The average Bonchev–Trinajstić information content (AvgIpc) is 3.12. The smallest absolute Gasteiger partial charge is 0.328 e. The maximum atomic E-state index is 12.9. The van der Waals surface area contributed by atoms with Gasteiger partial charge in [-0.15, -0.1) is 0 Å². The molecule has 0 aromatic carbocycles. The van der Waals surface area contributed by atoms with Crippen molar-refractivity contribution in [1.82, 2.24) is 24.9 Å². The molecule has 8 heteroatoms. The molecule has 0 radical (unpaired) electrons. The van der Waals surface area contributed by atoms with E-state index in [2.05, 4.69) is 36.2 Å². The maximum absolute atomic E-state index is 12.9. The summed E-state index contributed by atoms with van der Waals surface area (Å²) in [6.45, 7) is 4.13. The lowest BCUT2D eigenvalue weighted by atomic mass is 10.1. The van der Waals surface area contributed by atoms with E-state index in [0.29, 0.717) is 19.1 Å². The van der Waals surface area contributed by atoms with Crippen molar-refractivity contribution in [3.8, 4) is 0 Å². The van der Waals surface area contributed by atoms with Crippen LogP contribution >= 0.6 is 0 Å². The number of carbonyl (C=O) groups excluding carboxylic acids is 2. The summed E-state index contributed by atoms with van der Waals surface area (Å²) in [5, 5.41) is 3.21. The number of urea groups is 1. The van der Waals surface area contributed by atoms with Crippen molar-refractivity contribution in [3.05, 3.63) is 0 Å². The quantitative estimate of drug-likeness (QED) is 0.690. The molecule has 2 saturated heterocycles. The van der Waals surface area contributed by atoms with Crippen LogP contribution in [0.4, 0.5) is 4.79 Å². The van der Waals surface area contributed by atoms with Gasteiger partial charge in [0.2, 0.25) is 0 Å². The first-order valence-electron chi connectivity index (χ1n) is 8.74. The molecule has 0 aromatic rings. The van der Waals surface area contributed by atoms with Crippen LogP contribution in [-0.4, -0.2) is 96.5 Å². The second-order valence-electron chi connectivity index (χ2n) is 7.12. The molecule has 3 atom stereocenters. The summed E-state index contributed by atoms with van der Waals surface area (Å²) < 4.78 is 0. The number of hydrogen-bond donors (Lipinski definition) is 1. The van der Waals surface area contributed by atoms with Gasteiger partial charge >= 0.3 is 6.03 Å². The van der Waals surface area contributed by atoms with Crippen molar-refractivity contribution < 1.29 is 9.59 Å². The molecule has 0 aliphatic carbocycles. The van der Waals surface area contributed by atoms with Crippen LogP contribution in [0.2, 0.25) is 0 Å². The zero-order valence-electron chi connectivity index (χ0n) is 15.0. The molecule has 3 aliphatic rings. The molecule has 2 unspecified atom stereocenters. The van der Waals surface area contributed by atoms with Crippen LogP contribution in [0.3, 0.4) is 0 Å². The average molecular weight is 336 g/mol. The van der Waals surface area contributed by atoms with Crippen LogP contribution in [0.15, 0.2) is 4.99 Å². The molecule has 2 fully saturated rings. The molecule has 0 spiro atoms. The zero-order valence-corrected chi connectivity index (χ0v) is 15.0. The Kier molecular flexibility index (Phi) is 4.67. The van der Waals surface area contributed by atoms with Crippen LogP contribution in [0.25, 0.3) is 0 Å². The molecular formula is C16H28N6O2. The van der Waals surface area contributed by atoms with Gasteiger partial charge in [-0.1, -0.05) is 6.42 Å². The Bertz CT molecular complexity index is 549. The highest BCUT2D eigenvalue weighted by Gasteiger charge is 2.53. The molecule has 0 bridgehead atoms. The summed E-state index contributed by atoms with van der Waals surface area (Å²) in [5.74, 6) is 0.656. The van der Waals surface area contributed by atoms with E-state index in [9.17, 15) is 9.59 Å². The second-order valence-corrected chi connectivity index (χ2v) is 7.12. The van der Waals surface area contributed by atoms with Gasteiger partial charge in [0.15, 0.2) is 12.0 Å². The van der Waals surface area contributed by atoms with E-state index >= 15 is 0 Å². The van der Waals surface area contributed by atoms with Crippen molar-refractivity contribution >= 4 is 17.9 Å². The van der Waals surface area contributed by atoms with E-state index in [0.717, 1.165) is 31.8 Å². The van der Waals surface area contributed by atoms with E-state index in [1.807, 2.05) is 4.90 Å². The maximum Gasteiger partial charge on any atom is 0.328 e. The Morgan fingerprint density at radius 2 is 2.08 bits per heavy atom. The molecule has 0 aromatic heterocycles. The normalized spacial score (nSPS) is 27.4. The third-order valence-corrected chi connectivity index (χ3v) is 5.39. The highest BCUT2D eigenvalue weighted by Crippen LogP contribution is 2.26. The summed E-state index contributed by atoms with van der Waals surface area (Å²) in [4.78, 5) is 37.0. The van der Waals surface area contributed by atoms with Gasteiger partial charge in [0.25, 0.3) is 5.91 Å². The number of rotatable bonds is 6. The lowest BCUT2D eigenvalue weighted by molar-refractivity contribution is -0.137. The van der Waals surface area contributed by atoms with Crippen LogP contribution in [0.5, 0.6) is 0 Å². The van der Waals surface area contributed by atoms with E-state index in [4.69, 9.17) is 0 Å². The van der Waals surface area contributed by atoms with E-state index < -0.39 is 0 Å². The highest BCUT2D eigenvalue weighted by atomic mass is 16.2. The largest absolute Gasteiger partial charge is 0.334 e. The van der Waals surface area contributed by atoms with Crippen molar-refractivity contribution in [2.75, 3.05) is 40.8 Å². The van der Waals surface area contributed by atoms with E-state index in [1.165, 1.54) is 4.90 Å². The number of aliphatic imine (C=N–C) groups is 1. The van der Waals surface area contributed by atoms with Crippen molar-refractivity contribution in [2.45, 2.75) is 44.4 Å². The summed E-state index contributed by atoms with van der Waals surface area (Å²) in [6, 6.07) is -0.0435. The first kappa shape index (κ1) is 17.0. The first-order valence-corrected chi connectivity index (χ1v) is 8.74. The van der Waals surface area contributed by atoms with Gasteiger partial charge in [-0.25, -0.2) is 4.79 Å². The lowest BCUT2D eigenvalue weighted by Crippen LogP contribution is -2.66. The van der Waals surface area contributed by atoms with Gasteiger partial charge < -0.3 is 20.0 Å². The van der Waals surface area contributed by atoms with Crippen molar-refractivity contribution in [2.24, 2.45) is 4.99 Å². The van der Waals surface area contributed by atoms with Gasteiger partial charge in [-0.3, -0.25) is 14.7 Å². The van der Waals surface area contributed by atoms with Gasteiger partial charge in [-0.2, -0.15) is 0 Å². The number of fused-ring (bicyclic) bond motifs is 3. The van der Waals surface area contributed by atoms with Crippen LogP contribution in [0.1, 0.15) is 26.2 Å². The Morgan fingerprint density at radius 1 is 1.33 bits per heavy atom. The monoisotopic (exact) mass is 336 g/mol. The molecule has 8 nitrogen and oxygen atoms in total. The van der Waals surface area contributed by atoms with Crippen LogP contribution in [0, 0.1) is 0 Å². The highest BCUT2D eigenvalue weighted by molar-refractivity contribution is 6.04. The first-order chi connectivity index (χ1) is 11.4. The molecule has 1 N–H and O–H groups in total. The minimum atomic E-state index is -0.338. The van der Waals surface area contributed by atoms with Crippen molar-refractivity contribution in [3.63, 3.8) is 0 Å². The topological polar surface area (TPSA) is 71.5 Å². The van der Waals surface area contributed by atoms with E-state index in [-0.39, 0.29) is 24.1 Å². The predicted molar refractivity (Wildman–Crippen MR) is 91.6 cm³/mol. The van der Waals surface area contributed by atoms with Gasteiger partial charge in [0.05, 0.1) is 6.54 Å². The summed E-state index contributed by atoms with van der Waals surface area (Å²) >= 11 is 0. The number of likely N-dealkylation sites (N-methyl/N-ethyl adjacent to an activating group) is 1. The third-order valence-electron chi connectivity index (χ3n) is 5.39.